The molecule has 2 heterocycles. The minimum Gasteiger partial charge on any atom is -0.487 e. The molecule has 3 aromatic rings. The average Bonchev–Trinajstić information content (AvgIpc) is 3.06. The Morgan fingerprint density at radius 1 is 1.40 bits per heavy atom. The molecule has 102 valence electrons. The number of thiazole rings is 1. The van der Waals surface area contributed by atoms with Crippen LogP contribution in [0.5, 0.6) is 5.75 Å². The van der Waals surface area contributed by atoms with Crippen LogP contribution >= 0.6 is 11.3 Å². The fourth-order valence-corrected chi connectivity index (χ4v) is 3.02. The van der Waals surface area contributed by atoms with Gasteiger partial charge in [0.1, 0.15) is 18.1 Å². The van der Waals surface area contributed by atoms with Gasteiger partial charge in [-0.2, -0.15) is 0 Å². The highest BCUT2D eigenvalue weighted by molar-refractivity contribution is 7.18. The van der Waals surface area contributed by atoms with Gasteiger partial charge in [-0.05, 0) is 38.0 Å². The van der Waals surface area contributed by atoms with E-state index in [-0.39, 0.29) is 0 Å². The molecule has 0 spiro atoms. The Morgan fingerprint density at radius 2 is 2.30 bits per heavy atom. The normalized spacial score (nSPS) is 14.8. The summed E-state index contributed by atoms with van der Waals surface area (Å²) < 4.78 is 8.88. The molecule has 1 fully saturated rings. The van der Waals surface area contributed by atoms with Crippen LogP contribution in [-0.2, 0) is 6.61 Å². The number of nitrogens with zero attached hydrogens (tertiary/aromatic N) is 4. The van der Waals surface area contributed by atoms with Gasteiger partial charge in [0, 0.05) is 0 Å². The Morgan fingerprint density at radius 3 is 3.15 bits per heavy atom. The van der Waals surface area contributed by atoms with Gasteiger partial charge in [0.05, 0.1) is 27.5 Å². The molecule has 4 rings (SSSR count). The molecule has 0 radical (unpaired) electrons. The lowest BCUT2D eigenvalue weighted by molar-refractivity contribution is 0.301. The number of benzene rings is 1. The molecule has 2 aromatic heterocycles. The van der Waals surface area contributed by atoms with E-state index in [4.69, 9.17) is 4.74 Å². The molecule has 0 amide bonds. The van der Waals surface area contributed by atoms with Gasteiger partial charge in [-0.3, -0.25) is 0 Å². The minimum absolute atomic E-state index is 0.454. The second-order valence-corrected chi connectivity index (χ2v) is 6.31. The van der Waals surface area contributed by atoms with Crippen molar-refractivity contribution in [2.75, 3.05) is 0 Å². The van der Waals surface area contributed by atoms with Gasteiger partial charge in [-0.25, -0.2) is 9.67 Å². The van der Waals surface area contributed by atoms with E-state index < -0.39 is 0 Å². The smallest absolute Gasteiger partial charge is 0.134 e. The summed E-state index contributed by atoms with van der Waals surface area (Å²) in [5.74, 6) is 0.849. The third kappa shape index (κ3) is 2.27. The van der Waals surface area contributed by atoms with Crippen LogP contribution in [0, 0.1) is 6.92 Å². The number of ether oxygens (including phenoxy) is 1. The van der Waals surface area contributed by atoms with E-state index in [1.807, 2.05) is 36.0 Å². The van der Waals surface area contributed by atoms with Gasteiger partial charge >= 0.3 is 0 Å². The lowest BCUT2D eigenvalue weighted by Gasteiger charge is -2.03. The fourth-order valence-electron chi connectivity index (χ4n) is 2.16. The zero-order valence-corrected chi connectivity index (χ0v) is 11.9. The zero-order valence-electron chi connectivity index (χ0n) is 11.1. The molecule has 0 bridgehead atoms. The van der Waals surface area contributed by atoms with Gasteiger partial charge in [-0.1, -0.05) is 5.21 Å². The molecule has 0 unspecified atom stereocenters. The van der Waals surface area contributed by atoms with Crippen LogP contribution in [0.1, 0.15) is 29.6 Å². The fraction of sp³-hybridized carbons (Fsp3) is 0.357. The van der Waals surface area contributed by atoms with E-state index in [0.717, 1.165) is 26.7 Å². The summed E-state index contributed by atoms with van der Waals surface area (Å²) in [6.07, 6.45) is 4.41. The Hall–Kier alpha value is -1.95. The van der Waals surface area contributed by atoms with Crippen molar-refractivity contribution in [1.29, 1.82) is 0 Å². The molecule has 6 heteroatoms. The van der Waals surface area contributed by atoms with Crippen molar-refractivity contribution in [3.05, 3.63) is 35.1 Å². The van der Waals surface area contributed by atoms with Crippen LogP contribution in [0.4, 0.5) is 0 Å². The van der Waals surface area contributed by atoms with Crippen LogP contribution in [0.25, 0.3) is 10.2 Å². The van der Waals surface area contributed by atoms with Crippen molar-refractivity contribution in [3.8, 4) is 5.75 Å². The topological polar surface area (TPSA) is 52.8 Å². The molecule has 0 saturated heterocycles. The predicted octanol–water partition coefficient (Wildman–Crippen LogP) is 3.11. The molecule has 1 aromatic carbocycles. The molecule has 0 atom stereocenters. The van der Waals surface area contributed by atoms with E-state index >= 15 is 0 Å². The maximum Gasteiger partial charge on any atom is 0.134 e. The minimum atomic E-state index is 0.454. The summed E-state index contributed by atoms with van der Waals surface area (Å²) in [6.45, 7) is 2.47. The highest BCUT2D eigenvalue weighted by Crippen LogP contribution is 2.33. The van der Waals surface area contributed by atoms with Crippen LogP contribution in [0.15, 0.2) is 24.4 Å². The lowest BCUT2D eigenvalue weighted by Crippen LogP contribution is -1.95. The Bertz CT molecular complexity index is 759. The molecule has 0 N–H and O–H groups in total. The summed E-state index contributed by atoms with van der Waals surface area (Å²) in [6, 6.07) is 6.54. The Kier molecular flexibility index (Phi) is 2.70. The molecular weight excluding hydrogens is 272 g/mol. The first-order valence-electron chi connectivity index (χ1n) is 6.69. The summed E-state index contributed by atoms with van der Waals surface area (Å²) in [7, 11) is 0. The van der Waals surface area contributed by atoms with Crippen molar-refractivity contribution in [2.45, 2.75) is 32.4 Å². The Balaban J connectivity index is 1.48. The lowest BCUT2D eigenvalue weighted by atomic mass is 10.3. The highest BCUT2D eigenvalue weighted by Gasteiger charge is 2.24. The van der Waals surface area contributed by atoms with Gasteiger partial charge in [0.25, 0.3) is 0 Å². The predicted molar refractivity (Wildman–Crippen MR) is 77.0 cm³/mol. The summed E-state index contributed by atoms with van der Waals surface area (Å²) in [5.41, 5.74) is 1.90. The maximum atomic E-state index is 5.79. The first-order chi connectivity index (χ1) is 9.78. The molecule has 5 nitrogen and oxygen atoms in total. The molecule has 0 aliphatic heterocycles. The third-order valence-corrected chi connectivity index (χ3v) is 4.27. The van der Waals surface area contributed by atoms with E-state index in [2.05, 4.69) is 15.3 Å². The average molecular weight is 286 g/mol. The third-order valence-electron chi connectivity index (χ3n) is 3.33. The van der Waals surface area contributed by atoms with Crippen molar-refractivity contribution in [3.63, 3.8) is 0 Å². The van der Waals surface area contributed by atoms with Gasteiger partial charge in [0.2, 0.25) is 0 Å². The van der Waals surface area contributed by atoms with E-state index in [1.165, 1.54) is 12.8 Å². The van der Waals surface area contributed by atoms with Gasteiger partial charge in [-0.15, -0.1) is 16.4 Å². The number of aryl methyl sites for hydroxylation is 1. The van der Waals surface area contributed by atoms with Crippen molar-refractivity contribution in [1.82, 2.24) is 20.0 Å². The van der Waals surface area contributed by atoms with E-state index in [0.29, 0.717) is 12.6 Å². The van der Waals surface area contributed by atoms with Crippen LogP contribution in [0.2, 0.25) is 0 Å². The second kappa shape index (κ2) is 4.56. The largest absolute Gasteiger partial charge is 0.487 e. The SMILES string of the molecule is Cc1nc2ccc(OCc3cn(C4CC4)nn3)cc2s1. The Labute approximate surface area is 120 Å². The zero-order chi connectivity index (χ0) is 13.5. The second-order valence-electron chi connectivity index (χ2n) is 5.07. The molecule has 1 aliphatic rings. The van der Waals surface area contributed by atoms with E-state index in [1.54, 1.807) is 11.3 Å². The quantitative estimate of drug-likeness (QED) is 0.739. The number of aromatic nitrogens is 4. The number of hydrogen-bond acceptors (Lipinski definition) is 5. The summed E-state index contributed by atoms with van der Waals surface area (Å²) >= 11 is 1.68. The number of hydrogen-bond donors (Lipinski definition) is 0. The summed E-state index contributed by atoms with van der Waals surface area (Å²) in [5, 5.41) is 9.33. The number of fused-ring (bicyclic) bond motifs is 1. The van der Waals surface area contributed by atoms with Gasteiger partial charge in [0.15, 0.2) is 0 Å². The van der Waals surface area contributed by atoms with Crippen LogP contribution < -0.4 is 4.74 Å². The monoisotopic (exact) mass is 286 g/mol. The molecular formula is C14H14N4OS. The molecule has 1 saturated carbocycles. The first-order valence-corrected chi connectivity index (χ1v) is 7.50. The van der Waals surface area contributed by atoms with E-state index in [9.17, 15) is 0 Å². The van der Waals surface area contributed by atoms with Crippen molar-refractivity contribution < 1.29 is 4.74 Å². The number of rotatable bonds is 4. The van der Waals surface area contributed by atoms with Crippen LogP contribution in [-0.4, -0.2) is 20.0 Å². The highest BCUT2D eigenvalue weighted by atomic mass is 32.1. The van der Waals surface area contributed by atoms with Crippen molar-refractivity contribution in [2.24, 2.45) is 0 Å². The molecule has 20 heavy (non-hydrogen) atoms. The van der Waals surface area contributed by atoms with Crippen LogP contribution in [0.3, 0.4) is 0 Å². The summed E-state index contributed by atoms with van der Waals surface area (Å²) in [4.78, 5) is 4.44. The molecule has 1 aliphatic carbocycles. The first kappa shape index (κ1) is 11.8. The van der Waals surface area contributed by atoms with Crippen molar-refractivity contribution >= 4 is 21.6 Å². The standard InChI is InChI=1S/C14H14N4OS/c1-9-15-13-5-4-12(6-14(13)20-9)19-8-10-7-18(17-16-10)11-2-3-11/h4-7,11H,2-3,8H2,1H3. The van der Waals surface area contributed by atoms with Gasteiger partial charge < -0.3 is 4.74 Å². The maximum absolute atomic E-state index is 5.79.